The zero-order valence-electron chi connectivity index (χ0n) is 10.9. The average Bonchev–Trinajstić information content (AvgIpc) is 2.38. The van der Waals surface area contributed by atoms with Crippen LogP contribution in [-0.2, 0) is 17.5 Å². The van der Waals surface area contributed by atoms with Crippen molar-refractivity contribution in [1.29, 1.82) is 0 Å². The number of aliphatic carboxylic acids is 1. The molecule has 0 aliphatic carbocycles. The molecule has 0 bridgehead atoms. The zero-order valence-corrected chi connectivity index (χ0v) is 10.9. The number of halogens is 3. The third-order valence-electron chi connectivity index (χ3n) is 3.52. The van der Waals surface area contributed by atoms with E-state index in [0.717, 1.165) is 25.1 Å². The molecule has 110 valence electrons. The first-order valence-corrected chi connectivity index (χ1v) is 6.47. The standard InChI is InChI=1S/C14H16F3NO2/c15-14(16,17)12-5-1-3-10(7-12)8-18-6-2-4-11(9-18)13(19)20/h1,3,5,7,11H,2,4,6,8-9H2,(H,19,20)/t11-/m1/s1. The lowest BCUT2D eigenvalue weighted by Gasteiger charge is -2.30. The molecular formula is C14H16F3NO2. The van der Waals surface area contributed by atoms with Gasteiger partial charge in [0.05, 0.1) is 11.5 Å². The third kappa shape index (κ3) is 3.72. The molecule has 6 heteroatoms. The molecule has 1 aliphatic rings. The molecule has 1 aromatic rings. The summed E-state index contributed by atoms with van der Waals surface area (Å²) in [6.07, 6.45) is -2.95. The Labute approximate surface area is 115 Å². The van der Waals surface area contributed by atoms with Crippen molar-refractivity contribution in [1.82, 2.24) is 4.90 Å². The van der Waals surface area contributed by atoms with Crippen LogP contribution in [0, 0.1) is 5.92 Å². The van der Waals surface area contributed by atoms with Gasteiger partial charge in [-0.2, -0.15) is 13.2 Å². The van der Waals surface area contributed by atoms with Crippen LogP contribution in [0.2, 0.25) is 0 Å². The number of hydrogen-bond acceptors (Lipinski definition) is 2. The molecule has 3 nitrogen and oxygen atoms in total. The number of carboxylic acid groups (broad SMARTS) is 1. The number of alkyl halides is 3. The van der Waals surface area contributed by atoms with Crippen molar-refractivity contribution < 1.29 is 23.1 Å². The fourth-order valence-electron chi connectivity index (χ4n) is 2.50. The van der Waals surface area contributed by atoms with Gasteiger partial charge in [0.15, 0.2) is 0 Å². The van der Waals surface area contributed by atoms with Gasteiger partial charge in [0, 0.05) is 13.1 Å². The SMILES string of the molecule is O=C(O)[C@@H]1CCCN(Cc2cccc(C(F)(F)F)c2)C1. The Bertz CT molecular complexity index is 488. The summed E-state index contributed by atoms with van der Waals surface area (Å²) in [5.41, 5.74) is -0.104. The van der Waals surface area contributed by atoms with Crippen LogP contribution in [0.4, 0.5) is 13.2 Å². The number of carbonyl (C=O) groups is 1. The molecule has 0 saturated carbocycles. The minimum atomic E-state index is -4.35. The summed E-state index contributed by atoms with van der Waals surface area (Å²) < 4.78 is 37.9. The lowest BCUT2D eigenvalue weighted by atomic mass is 9.97. The predicted octanol–water partition coefficient (Wildman–Crippen LogP) is 3.00. The molecule has 0 unspecified atom stereocenters. The maximum atomic E-state index is 12.6. The van der Waals surface area contributed by atoms with Gasteiger partial charge in [-0.05, 0) is 31.0 Å². The summed E-state index contributed by atoms with van der Waals surface area (Å²) >= 11 is 0. The quantitative estimate of drug-likeness (QED) is 0.929. The molecule has 1 N–H and O–H groups in total. The predicted molar refractivity (Wildman–Crippen MR) is 67.1 cm³/mol. The maximum absolute atomic E-state index is 12.6. The second-order valence-electron chi connectivity index (χ2n) is 5.11. The van der Waals surface area contributed by atoms with Gasteiger partial charge in [-0.15, -0.1) is 0 Å². The van der Waals surface area contributed by atoms with E-state index in [1.807, 2.05) is 4.90 Å². The molecule has 1 saturated heterocycles. The monoisotopic (exact) mass is 287 g/mol. The Kier molecular flexibility index (Phi) is 4.32. The molecule has 0 spiro atoms. The number of benzene rings is 1. The van der Waals surface area contributed by atoms with E-state index in [-0.39, 0.29) is 0 Å². The Morgan fingerprint density at radius 3 is 2.80 bits per heavy atom. The maximum Gasteiger partial charge on any atom is 0.416 e. The summed E-state index contributed by atoms with van der Waals surface area (Å²) in [6.45, 7) is 1.47. The van der Waals surface area contributed by atoms with Gasteiger partial charge in [-0.25, -0.2) is 0 Å². The second-order valence-corrected chi connectivity index (χ2v) is 5.11. The van der Waals surface area contributed by atoms with Crippen molar-refractivity contribution >= 4 is 5.97 Å². The van der Waals surface area contributed by atoms with E-state index in [9.17, 15) is 18.0 Å². The Morgan fingerprint density at radius 2 is 2.15 bits per heavy atom. The molecule has 0 aromatic heterocycles. The van der Waals surface area contributed by atoms with Gasteiger partial charge < -0.3 is 5.11 Å². The van der Waals surface area contributed by atoms with Crippen molar-refractivity contribution in [3.05, 3.63) is 35.4 Å². The van der Waals surface area contributed by atoms with Crippen LogP contribution in [0.25, 0.3) is 0 Å². The van der Waals surface area contributed by atoms with Gasteiger partial charge in [0.2, 0.25) is 0 Å². The van der Waals surface area contributed by atoms with Gasteiger partial charge >= 0.3 is 12.1 Å². The Hall–Kier alpha value is -1.56. The number of hydrogen-bond donors (Lipinski definition) is 1. The highest BCUT2D eigenvalue weighted by molar-refractivity contribution is 5.70. The summed E-state index contributed by atoms with van der Waals surface area (Å²) in [7, 11) is 0. The summed E-state index contributed by atoms with van der Waals surface area (Å²) in [5.74, 6) is -1.26. The van der Waals surface area contributed by atoms with E-state index in [0.29, 0.717) is 25.1 Å². The van der Waals surface area contributed by atoms with Gasteiger partial charge in [0.25, 0.3) is 0 Å². The molecule has 1 atom stereocenters. The summed E-state index contributed by atoms with van der Waals surface area (Å²) in [5, 5.41) is 9.00. The van der Waals surface area contributed by atoms with Crippen LogP contribution in [0.15, 0.2) is 24.3 Å². The van der Waals surface area contributed by atoms with Crippen molar-refractivity contribution in [2.75, 3.05) is 13.1 Å². The minimum absolute atomic E-state index is 0.355. The number of likely N-dealkylation sites (tertiary alicyclic amines) is 1. The molecule has 1 fully saturated rings. The highest BCUT2D eigenvalue weighted by atomic mass is 19.4. The van der Waals surface area contributed by atoms with Crippen LogP contribution >= 0.6 is 0 Å². The van der Waals surface area contributed by atoms with Gasteiger partial charge in [-0.1, -0.05) is 18.2 Å². The van der Waals surface area contributed by atoms with Crippen molar-refractivity contribution in [3.8, 4) is 0 Å². The zero-order chi connectivity index (χ0) is 14.8. The number of carboxylic acids is 1. The van der Waals surface area contributed by atoms with Crippen molar-refractivity contribution in [2.24, 2.45) is 5.92 Å². The van der Waals surface area contributed by atoms with Crippen molar-refractivity contribution in [2.45, 2.75) is 25.6 Å². The first-order chi connectivity index (χ1) is 9.36. The highest BCUT2D eigenvalue weighted by Gasteiger charge is 2.31. The molecule has 0 amide bonds. The van der Waals surface area contributed by atoms with Gasteiger partial charge in [-0.3, -0.25) is 9.69 Å². The lowest BCUT2D eigenvalue weighted by molar-refractivity contribution is -0.143. The Balaban J connectivity index is 2.04. The minimum Gasteiger partial charge on any atom is -0.481 e. The van der Waals surface area contributed by atoms with Crippen LogP contribution < -0.4 is 0 Å². The molecule has 2 rings (SSSR count). The van der Waals surface area contributed by atoms with Crippen LogP contribution in [0.3, 0.4) is 0 Å². The lowest BCUT2D eigenvalue weighted by Crippen LogP contribution is -2.38. The van der Waals surface area contributed by atoms with E-state index in [4.69, 9.17) is 5.11 Å². The second kappa shape index (κ2) is 5.83. The topological polar surface area (TPSA) is 40.5 Å². The van der Waals surface area contributed by atoms with Crippen LogP contribution in [-0.4, -0.2) is 29.1 Å². The Morgan fingerprint density at radius 1 is 1.40 bits per heavy atom. The molecule has 20 heavy (non-hydrogen) atoms. The molecule has 1 heterocycles. The van der Waals surface area contributed by atoms with E-state index in [1.54, 1.807) is 6.07 Å². The van der Waals surface area contributed by atoms with E-state index < -0.39 is 23.6 Å². The highest BCUT2D eigenvalue weighted by Crippen LogP contribution is 2.30. The molecular weight excluding hydrogens is 271 g/mol. The fourth-order valence-corrected chi connectivity index (χ4v) is 2.50. The largest absolute Gasteiger partial charge is 0.481 e. The summed E-state index contributed by atoms with van der Waals surface area (Å²) in [6, 6.07) is 5.19. The number of nitrogens with zero attached hydrogens (tertiary/aromatic N) is 1. The summed E-state index contributed by atoms with van der Waals surface area (Å²) in [4.78, 5) is 12.9. The average molecular weight is 287 g/mol. The van der Waals surface area contributed by atoms with E-state index in [2.05, 4.69) is 0 Å². The van der Waals surface area contributed by atoms with Crippen LogP contribution in [0.1, 0.15) is 24.0 Å². The van der Waals surface area contributed by atoms with E-state index >= 15 is 0 Å². The molecule has 1 aliphatic heterocycles. The molecule has 0 radical (unpaired) electrons. The van der Waals surface area contributed by atoms with Gasteiger partial charge in [0.1, 0.15) is 0 Å². The van der Waals surface area contributed by atoms with Crippen molar-refractivity contribution in [3.63, 3.8) is 0 Å². The first kappa shape index (κ1) is 14.8. The molecule has 1 aromatic carbocycles. The number of rotatable bonds is 3. The smallest absolute Gasteiger partial charge is 0.416 e. The third-order valence-corrected chi connectivity index (χ3v) is 3.52. The van der Waals surface area contributed by atoms with E-state index in [1.165, 1.54) is 6.07 Å². The first-order valence-electron chi connectivity index (χ1n) is 6.47. The van der Waals surface area contributed by atoms with Crippen LogP contribution in [0.5, 0.6) is 0 Å². The normalized spacial score (nSPS) is 20.9. The number of piperidine rings is 1. The fraction of sp³-hybridized carbons (Fsp3) is 0.500.